The molecule has 1 amide bonds. The maximum Gasteiger partial charge on any atom is 0.331 e. The Bertz CT molecular complexity index is 701. The van der Waals surface area contributed by atoms with Crippen molar-refractivity contribution in [2.75, 3.05) is 20.3 Å². The maximum absolute atomic E-state index is 12.8. The molecule has 0 radical (unpaired) electrons. The van der Waals surface area contributed by atoms with Gasteiger partial charge in [0.15, 0.2) is 0 Å². The van der Waals surface area contributed by atoms with E-state index in [0.29, 0.717) is 38.0 Å². The summed E-state index contributed by atoms with van der Waals surface area (Å²) in [5.41, 5.74) is 1.28. The van der Waals surface area contributed by atoms with Gasteiger partial charge in [-0.15, -0.1) is 0 Å². The van der Waals surface area contributed by atoms with E-state index in [-0.39, 0.29) is 11.9 Å². The van der Waals surface area contributed by atoms with Crippen LogP contribution < -0.4 is 4.74 Å². The normalized spacial score (nSPS) is 18.0. The molecule has 0 fully saturated rings. The molecule has 30 heavy (non-hydrogen) atoms. The summed E-state index contributed by atoms with van der Waals surface area (Å²) in [4.78, 5) is 26.2. The minimum Gasteiger partial charge on any atom is -0.486 e. The van der Waals surface area contributed by atoms with Gasteiger partial charge < -0.3 is 19.5 Å². The zero-order valence-corrected chi connectivity index (χ0v) is 19.0. The number of hydrogen-bond donors (Lipinski definition) is 1. The molecule has 1 aromatic rings. The number of carbonyl (C=O) groups is 2. The lowest BCUT2D eigenvalue weighted by Gasteiger charge is -2.36. The van der Waals surface area contributed by atoms with E-state index in [1.165, 1.54) is 0 Å². The third kappa shape index (κ3) is 7.82. The van der Waals surface area contributed by atoms with E-state index in [9.17, 15) is 14.7 Å². The van der Waals surface area contributed by atoms with Gasteiger partial charge in [-0.05, 0) is 37.5 Å². The van der Waals surface area contributed by atoms with Crippen molar-refractivity contribution in [1.82, 2.24) is 4.90 Å². The minimum atomic E-state index is -0.962. The van der Waals surface area contributed by atoms with Crippen LogP contribution in [0.25, 0.3) is 0 Å². The van der Waals surface area contributed by atoms with E-state index in [1.807, 2.05) is 52.0 Å². The van der Waals surface area contributed by atoms with E-state index in [0.717, 1.165) is 24.2 Å². The molecule has 0 spiro atoms. The largest absolute Gasteiger partial charge is 0.486 e. The van der Waals surface area contributed by atoms with Gasteiger partial charge in [-0.1, -0.05) is 45.4 Å². The number of aryl methyl sites for hydroxylation is 1. The molecule has 2 atom stereocenters. The Morgan fingerprint density at radius 2 is 1.93 bits per heavy atom. The fraction of sp³-hybridized carbons (Fsp3) is 0.583. The zero-order valence-electron chi connectivity index (χ0n) is 19.0. The van der Waals surface area contributed by atoms with E-state index in [4.69, 9.17) is 9.47 Å². The summed E-state index contributed by atoms with van der Waals surface area (Å²) in [5, 5.41) is 9.58. The molecule has 0 heterocycles. The summed E-state index contributed by atoms with van der Waals surface area (Å²) in [6, 6.07) is 7.44. The summed E-state index contributed by atoms with van der Waals surface area (Å²) in [6.07, 6.45) is 4.39. The molecule has 6 heteroatoms. The van der Waals surface area contributed by atoms with E-state index >= 15 is 0 Å². The first-order chi connectivity index (χ1) is 14.5. The van der Waals surface area contributed by atoms with Crippen LogP contribution in [-0.2, 0) is 14.3 Å². The quantitative estimate of drug-likeness (QED) is 0.599. The number of para-hydroxylation sites is 1. The SMILES string of the molecule is CC.CCCCC(=O)N(CCOC)C1CC(C(=O)O)=CC(Oc2ccccc2C)C1. The van der Waals surface area contributed by atoms with E-state index in [1.54, 1.807) is 18.1 Å². The van der Waals surface area contributed by atoms with Crippen LogP contribution in [0.2, 0.25) is 0 Å². The molecule has 6 nitrogen and oxygen atoms in total. The predicted molar refractivity (Wildman–Crippen MR) is 119 cm³/mol. The lowest BCUT2D eigenvalue weighted by molar-refractivity contribution is -0.137. The number of rotatable bonds is 10. The topological polar surface area (TPSA) is 76.1 Å². The highest BCUT2D eigenvalue weighted by atomic mass is 16.5. The number of ether oxygens (including phenoxy) is 2. The van der Waals surface area contributed by atoms with Crippen LogP contribution in [0.5, 0.6) is 5.75 Å². The van der Waals surface area contributed by atoms with Crippen LogP contribution in [0.1, 0.15) is 58.4 Å². The number of carbonyl (C=O) groups excluding carboxylic acids is 1. The van der Waals surface area contributed by atoms with E-state index < -0.39 is 12.1 Å². The maximum atomic E-state index is 12.8. The van der Waals surface area contributed by atoms with Crippen molar-refractivity contribution in [3.05, 3.63) is 41.5 Å². The van der Waals surface area contributed by atoms with Crippen molar-refractivity contribution in [1.29, 1.82) is 0 Å². The van der Waals surface area contributed by atoms with Gasteiger partial charge in [0.2, 0.25) is 5.91 Å². The summed E-state index contributed by atoms with van der Waals surface area (Å²) >= 11 is 0. The first-order valence-electron chi connectivity index (χ1n) is 10.9. The number of carboxylic acids is 1. The second-order valence-corrected chi connectivity index (χ2v) is 7.20. The lowest BCUT2D eigenvalue weighted by atomic mass is 9.91. The molecule has 2 unspecified atom stereocenters. The van der Waals surface area contributed by atoms with Crippen molar-refractivity contribution in [2.45, 2.75) is 71.9 Å². The van der Waals surface area contributed by atoms with Crippen LogP contribution in [-0.4, -0.2) is 54.3 Å². The number of aliphatic carboxylic acids is 1. The number of hydrogen-bond acceptors (Lipinski definition) is 4. The molecule has 0 aliphatic heterocycles. The number of methoxy groups -OCH3 is 1. The van der Waals surface area contributed by atoms with Crippen LogP contribution in [0.3, 0.4) is 0 Å². The Hall–Kier alpha value is -2.34. The Labute approximate surface area is 180 Å². The Kier molecular flexibility index (Phi) is 11.8. The Morgan fingerprint density at radius 3 is 2.53 bits per heavy atom. The average Bonchev–Trinajstić information content (AvgIpc) is 2.75. The van der Waals surface area contributed by atoms with Crippen LogP contribution >= 0.6 is 0 Å². The summed E-state index contributed by atoms with van der Waals surface area (Å²) in [5.74, 6) is -0.184. The van der Waals surface area contributed by atoms with E-state index in [2.05, 4.69) is 0 Å². The van der Waals surface area contributed by atoms with Crippen molar-refractivity contribution in [2.24, 2.45) is 0 Å². The second-order valence-electron chi connectivity index (χ2n) is 7.20. The highest BCUT2D eigenvalue weighted by Crippen LogP contribution is 2.28. The molecule has 2 rings (SSSR count). The van der Waals surface area contributed by atoms with Gasteiger partial charge in [-0.2, -0.15) is 0 Å². The Balaban J connectivity index is 0.00000218. The standard InChI is InChI=1S/C22H31NO5.C2H6/c1-4-5-10-21(24)23(11-12-27-3)18-13-17(22(25)26)14-19(15-18)28-20-9-7-6-8-16(20)2;1-2/h6-9,14,18-19H,4-5,10-13,15H2,1-3H3,(H,25,26);1-2H3. The number of nitrogens with zero attached hydrogens (tertiary/aromatic N) is 1. The van der Waals surface area contributed by atoms with Crippen LogP contribution in [0.15, 0.2) is 35.9 Å². The van der Waals surface area contributed by atoms with Crippen LogP contribution in [0, 0.1) is 6.92 Å². The van der Waals surface area contributed by atoms with Gasteiger partial charge in [-0.25, -0.2) is 4.79 Å². The van der Waals surface area contributed by atoms with Crippen molar-refractivity contribution >= 4 is 11.9 Å². The summed E-state index contributed by atoms with van der Waals surface area (Å²) < 4.78 is 11.3. The molecule has 1 aliphatic rings. The summed E-state index contributed by atoms with van der Waals surface area (Å²) in [7, 11) is 1.60. The molecule has 0 saturated heterocycles. The molecule has 0 bridgehead atoms. The molecule has 1 aliphatic carbocycles. The molecule has 1 N–H and O–H groups in total. The average molecular weight is 420 g/mol. The zero-order chi connectivity index (χ0) is 22.5. The molecular weight excluding hydrogens is 382 g/mol. The second kappa shape index (κ2) is 13.8. The number of unbranched alkanes of at least 4 members (excludes halogenated alkanes) is 1. The van der Waals surface area contributed by atoms with Gasteiger partial charge in [0, 0.05) is 38.1 Å². The smallest absolute Gasteiger partial charge is 0.331 e. The molecule has 0 aromatic heterocycles. The Morgan fingerprint density at radius 1 is 1.23 bits per heavy atom. The van der Waals surface area contributed by atoms with Gasteiger partial charge in [0.1, 0.15) is 11.9 Å². The number of carboxylic acid groups (broad SMARTS) is 1. The molecule has 168 valence electrons. The highest BCUT2D eigenvalue weighted by molar-refractivity contribution is 5.87. The summed E-state index contributed by atoms with van der Waals surface area (Å²) in [6.45, 7) is 8.87. The fourth-order valence-electron chi connectivity index (χ4n) is 3.47. The fourth-order valence-corrected chi connectivity index (χ4v) is 3.47. The first-order valence-corrected chi connectivity index (χ1v) is 10.9. The highest BCUT2D eigenvalue weighted by Gasteiger charge is 2.32. The number of benzene rings is 1. The monoisotopic (exact) mass is 419 g/mol. The third-order valence-electron chi connectivity index (χ3n) is 5.04. The van der Waals surface area contributed by atoms with Crippen molar-refractivity contribution in [3.63, 3.8) is 0 Å². The van der Waals surface area contributed by atoms with Gasteiger partial charge in [0.25, 0.3) is 0 Å². The first kappa shape index (κ1) is 25.7. The number of amides is 1. The van der Waals surface area contributed by atoms with Crippen molar-refractivity contribution in [3.8, 4) is 5.75 Å². The predicted octanol–water partition coefficient (Wildman–Crippen LogP) is 4.61. The van der Waals surface area contributed by atoms with Gasteiger partial charge in [-0.3, -0.25) is 4.79 Å². The molecular formula is C24H37NO5. The van der Waals surface area contributed by atoms with Crippen molar-refractivity contribution < 1.29 is 24.2 Å². The third-order valence-corrected chi connectivity index (χ3v) is 5.04. The lowest BCUT2D eigenvalue weighted by Crippen LogP contribution is -2.46. The van der Waals surface area contributed by atoms with Crippen LogP contribution in [0.4, 0.5) is 0 Å². The van der Waals surface area contributed by atoms with Gasteiger partial charge in [0.05, 0.1) is 6.61 Å². The minimum absolute atomic E-state index is 0.0465. The molecule has 0 saturated carbocycles. The molecule has 1 aromatic carbocycles. The van der Waals surface area contributed by atoms with Gasteiger partial charge >= 0.3 is 5.97 Å².